The largest absolute Gasteiger partial charge is 0.338 e. The van der Waals surface area contributed by atoms with E-state index in [1.807, 2.05) is 0 Å². The summed E-state index contributed by atoms with van der Waals surface area (Å²) in [6.45, 7) is 0.654. The highest BCUT2D eigenvalue weighted by Crippen LogP contribution is 2.50. The topological polar surface area (TPSA) is 13.0 Å². The Morgan fingerprint density at radius 2 is 0.861 bits per heavy atom. The number of rotatable bonds is 12. The molecule has 2 aliphatic heterocycles. The maximum Gasteiger partial charge on any atom is 0.252 e. The van der Waals surface area contributed by atoms with E-state index in [4.69, 9.17) is 0 Å². The molecule has 2 heterocycles. The molecule has 1 aliphatic carbocycles. The predicted molar refractivity (Wildman–Crippen MR) is 334 cm³/mol. The van der Waals surface area contributed by atoms with Crippen LogP contribution in [0.1, 0.15) is 29.9 Å². The second-order valence-corrected chi connectivity index (χ2v) is 21.3. The van der Waals surface area contributed by atoms with Crippen molar-refractivity contribution in [1.82, 2.24) is 0 Å². The highest BCUT2D eigenvalue weighted by Gasteiger charge is 2.44. The number of para-hydroxylation sites is 2. The van der Waals surface area contributed by atoms with E-state index in [-0.39, 0.29) is 6.71 Å². The molecule has 0 saturated heterocycles. The summed E-state index contributed by atoms with van der Waals surface area (Å²) in [5.41, 5.74) is 24.0. The van der Waals surface area contributed by atoms with Crippen LogP contribution in [0.3, 0.4) is 0 Å². The van der Waals surface area contributed by atoms with Crippen molar-refractivity contribution in [2.75, 3.05) is 19.6 Å². The summed E-state index contributed by atoms with van der Waals surface area (Å²) < 4.78 is 0. The van der Waals surface area contributed by atoms with E-state index in [2.05, 4.69) is 311 Å². The number of nitrogens with zero attached hydrogens (tertiary/aromatic N) is 4. The Labute approximate surface area is 463 Å². The molecule has 12 aromatic rings. The van der Waals surface area contributed by atoms with Gasteiger partial charge >= 0.3 is 0 Å². The molecule has 0 bridgehead atoms. The summed E-state index contributed by atoms with van der Waals surface area (Å²) in [4.78, 5) is 10.1. The predicted octanol–water partition coefficient (Wildman–Crippen LogP) is 17.9. The zero-order chi connectivity index (χ0) is 52.2. The fraction of sp³-hybridized carbons (Fsp3) is 0.0541. The van der Waals surface area contributed by atoms with Gasteiger partial charge in [0.25, 0.3) is 6.71 Å². The molecule has 1 fully saturated rings. The third kappa shape index (κ3) is 8.52. The summed E-state index contributed by atoms with van der Waals surface area (Å²) in [5.74, 6) is 0.528. The lowest BCUT2D eigenvalue weighted by atomic mass is 9.33. The molecular weight excluding hydrogens is 956 g/mol. The maximum atomic E-state index is 2.63. The zero-order valence-electron chi connectivity index (χ0n) is 43.8. The van der Waals surface area contributed by atoms with E-state index in [0.29, 0.717) is 5.92 Å². The van der Waals surface area contributed by atoms with Crippen molar-refractivity contribution in [3.8, 4) is 22.3 Å². The van der Waals surface area contributed by atoms with E-state index < -0.39 is 0 Å². The van der Waals surface area contributed by atoms with Crippen LogP contribution in [0, 0.1) is 0 Å². The average Bonchev–Trinajstić information content (AvgIpc) is 4.53. The van der Waals surface area contributed by atoms with Crippen LogP contribution in [0.4, 0.5) is 62.6 Å². The first kappa shape index (κ1) is 46.5. The van der Waals surface area contributed by atoms with Crippen LogP contribution in [0.25, 0.3) is 33.0 Å². The van der Waals surface area contributed by atoms with Gasteiger partial charge in [-0.3, -0.25) is 0 Å². The van der Waals surface area contributed by atoms with Gasteiger partial charge in [-0.15, -0.1) is 0 Å². The molecule has 12 aromatic carbocycles. The lowest BCUT2D eigenvalue weighted by molar-refractivity contribution is 0.973. The third-order valence-corrected chi connectivity index (χ3v) is 16.4. The van der Waals surface area contributed by atoms with E-state index in [9.17, 15) is 0 Å². The van der Waals surface area contributed by atoms with Gasteiger partial charge < -0.3 is 19.6 Å². The number of benzene rings is 12. The SMILES string of the molecule is c1ccc(CN2c3ccc(N(c4ccccc4)c4ccc(-c5ccccc5)cc4)cc3B3c4ccc(N(c5cccc(-c6ccccc6)c5)c5ccc6ccccc6c5)cc4N(c4ccccc4)c4cc(C5CC5)cc2c43)cc1. The Bertz CT molecular complexity index is 4190. The van der Waals surface area contributed by atoms with Crippen molar-refractivity contribution in [3.05, 3.63) is 302 Å². The van der Waals surface area contributed by atoms with Crippen molar-refractivity contribution >= 4 is 96.4 Å². The molecule has 0 unspecified atom stereocenters. The molecule has 79 heavy (non-hydrogen) atoms. The Morgan fingerprint density at radius 1 is 0.342 bits per heavy atom. The van der Waals surface area contributed by atoms with Crippen LogP contribution in [0.15, 0.2) is 291 Å². The highest BCUT2D eigenvalue weighted by atomic mass is 15.2. The number of anilines is 11. The fourth-order valence-electron chi connectivity index (χ4n) is 12.5. The minimum atomic E-state index is -0.0853. The molecule has 0 aromatic heterocycles. The lowest BCUT2D eigenvalue weighted by Crippen LogP contribution is -2.62. The van der Waals surface area contributed by atoms with E-state index in [1.165, 1.54) is 96.1 Å². The van der Waals surface area contributed by atoms with Crippen molar-refractivity contribution in [2.24, 2.45) is 0 Å². The molecule has 1 saturated carbocycles. The minimum absolute atomic E-state index is 0.0853. The average molecular weight is 1010 g/mol. The molecule has 374 valence electrons. The Balaban J connectivity index is 0.969. The first-order chi connectivity index (χ1) is 39.2. The Kier molecular flexibility index (Phi) is 11.5. The normalized spacial score (nSPS) is 13.1. The summed E-state index contributed by atoms with van der Waals surface area (Å²) in [6, 6.07) is 108. The molecular formula is C74H55BN4. The van der Waals surface area contributed by atoms with E-state index in [0.717, 1.165) is 46.4 Å². The highest BCUT2D eigenvalue weighted by molar-refractivity contribution is 7.00. The van der Waals surface area contributed by atoms with Crippen molar-refractivity contribution < 1.29 is 0 Å². The molecule has 3 aliphatic rings. The van der Waals surface area contributed by atoms with Crippen LogP contribution < -0.4 is 36.0 Å². The molecule has 5 heteroatoms. The van der Waals surface area contributed by atoms with Gasteiger partial charge in [-0.2, -0.15) is 0 Å². The minimum Gasteiger partial charge on any atom is -0.338 e. The van der Waals surface area contributed by atoms with Crippen LogP contribution in [0.2, 0.25) is 0 Å². The van der Waals surface area contributed by atoms with Crippen LogP contribution in [-0.2, 0) is 6.54 Å². The summed E-state index contributed by atoms with van der Waals surface area (Å²) in [5, 5.41) is 2.42. The van der Waals surface area contributed by atoms with E-state index >= 15 is 0 Å². The second-order valence-electron chi connectivity index (χ2n) is 21.3. The Morgan fingerprint density at radius 3 is 1.59 bits per heavy atom. The van der Waals surface area contributed by atoms with Gasteiger partial charge in [0, 0.05) is 69.1 Å². The summed E-state index contributed by atoms with van der Waals surface area (Å²) in [6.07, 6.45) is 2.41. The standard InChI is InChI=1S/C74H55BN4/c1-6-19-52(20-7-1)51-76-70-44-42-66(77(61-28-12-4-13-29-61)63-38-35-56(36-39-63)53-21-8-2-9-22-53)49-69(70)75-68-43-41-67(50-71(68)79(62-30-14-5-15-31-62)73-48-60(57-33-34-57)47-72(76)74(73)75)78(65-40-37-55-25-16-17-26-58(55)46-65)64-32-18-27-59(45-64)54-23-10-3-11-24-54/h1-32,35-50,57H,33-34,51H2. The summed E-state index contributed by atoms with van der Waals surface area (Å²) >= 11 is 0. The molecule has 0 spiro atoms. The molecule has 0 atom stereocenters. The van der Waals surface area contributed by atoms with E-state index in [1.54, 1.807) is 0 Å². The second kappa shape index (κ2) is 19.6. The van der Waals surface area contributed by atoms with Gasteiger partial charge in [-0.25, -0.2) is 0 Å². The molecule has 0 radical (unpaired) electrons. The molecule has 0 amide bonds. The first-order valence-corrected chi connectivity index (χ1v) is 27.7. The van der Waals surface area contributed by atoms with Crippen molar-refractivity contribution in [2.45, 2.75) is 25.3 Å². The van der Waals surface area contributed by atoms with Crippen LogP contribution in [0.5, 0.6) is 0 Å². The maximum absolute atomic E-state index is 2.63. The summed E-state index contributed by atoms with van der Waals surface area (Å²) in [7, 11) is 0. The quantitative estimate of drug-likeness (QED) is 0.113. The lowest BCUT2D eigenvalue weighted by Gasteiger charge is -2.45. The van der Waals surface area contributed by atoms with Gasteiger partial charge in [-0.05, 0) is 182 Å². The fourth-order valence-corrected chi connectivity index (χ4v) is 12.5. The van der Waals surface area contributed by atoms with Gasteiger partial charge in [0.15, 0.2) is 0 Å². The van der Waals surface area contributed by atoms with Crippen LogP contribution >= 0.6 is 0 Å². The van der Waals surface area contributed by atoms with Crippen LogP contribution in [-0.4, -0.2) is 6.71 Å². The van der Waals surface area contributed by atoms with Gasteiger partial charge in [0.05, 0.1) is 0 Å². The third-order valence-electron chi connectivity index (χ3n) is 16.4. The molecule has 0 N–H and O–H groups in total. The molecule has 15 rings (SSSR count). The van der Waals surface area contributed by atoms with Crippen molar-refractivity contribution in [3.63, 3.8) is 0 Å². The Hall–Kier alpha value is -9.84. The van der Waals surface area contributed by atoms with Gasteiger partial charge in [-0.1, -0.05) is 188 Å². The number of hydrogen-bond donors (Lipinski definition) is 0. The van der Waals surface area contributed by atoms with Crippen molar-refractivity contribution in [1.29, 1.82) is 0 Å². The molecule has 4 nitrogen and oxygen atoms in total. The number of fused-ring (bicyclic) bond motifs is 5. The van der Waals surface area contributed by atoms with Gasteiger partial charge in [0.2, 0.25) is 0 Å². The smallest absolute Gasteiger partial charge is 0.252 e. The zero-order valence-corrected chi connectivity index (χ0v) is 43.8. The van der Waals surface area contributed by atoms with Gasteiger partial charge in [0.1, 0.15) is 0 Å². The first-order valence-electron chi connectivity index (χ1n) is 27.7. The number of hydrogen-bond acceptors (Lipinski definition) is 4. The monoisotopic (exact) mass is 1010 g/mol.